The standard InChI is InChI=1S/C12H17BrO/c1-2-4-11(9-14)7-10-5-3-6-12(13)8-10/h3,5-6,8,11,14H,2,4,7,9H2,1H3. The van der Waals surface area contributed by atoms with Gasteiger partial charge in [-0.2, -0.15) is 0 Å². The largest absolute Gasteiger partial charge is 0.396 e. The van der Waals surface area contributed by atoms with Gasteiger partial charge in [0, 0.05) is 11.1 Å². The summed E-state index contributed by atoms with van der Waals surface area (Å²) in [6.45, 7) is 2.45. The van der Waals surface area contributed by atoms with E-state index in [9.17, 15) is 5.11 Å². The Kier molecular flexibility index (Phi) is 5.20. The number of hydrogen-bond acceptors (Lipinski definition) is 1. The summed E-state index contributed by atoms with van der Waals surface area (Å²) in [4.78, 5) is 0. The molecule has 1 N–H and O–H groups in total. The molecule has 1 aromatic rings. The smallest absolute Gasteiger partial charge is 0.0462 e. The van der Waals surface area contributed by atoms with E-state index >= 15 is 0 Å². The van der Waals surface area contributed by atoms with Gasteiger partial charge in [-0.25, -0.2) is 0 Å². The van der Waals surface area contributed by atoms with Gasteiger partial charge in [0.25, 0.3) is 0 Å². The van der Waals surface area contributed by atoms with E-state index in [4.69, 9.17) is 0 Å². The topological polar surface area (TPSA) is 20.2 Å². The molecule has 0 saturated heterocycles. The number of rotatable bonds is 5. The van der Waals surface area contributed by atoms with Gasteiger partial charge in [-0.1, -0.05) is 41.4 Å². The molecule has 0 radical (unpaired) electrons. The lowest BCUT2D eigenvalue weighted by Gasteiger charge is -2.12. The first kappa shape index (κ1) is 11.7. The molecule has 0 saturated carbocycles. The van der Waals surface area contributed by atoms with Gasteiger partial charge in [0.1, 0.15) is 0 Å². The van der Waals surface area contributed by atoms with Gasteiger partial charge in [-0.15, -0.1) is 0 Å². The molecule has 1 aromatic carbocycles. The zero-order chi connectivity index (χ0) is 10.4. The van der Waals surface area contributed by atoms with Crippen LogP contribution in [0.4, 0.5) is 0 Å². The van der Waals surface area contributed by atoms with Crippen LogP contribution in [0.15, 0.2) is 28.7 Å². The van der Waals surface area contributed by atoms with Crippen molar-refractivity contribution in [3.8, 4) is 0 Å². The quantitative estimate of drug-likeness (QED) is 0.857. The highest BCUT2D eigenvalue weighted by Gasteiger charge is 2.07. The van der Waals surface area contributed by atoms with Crippen LogP contribution in [-0.2, 0) is 6.42 Å². The zero-order valence-corrected chi connectivity index (χ0v) is 10.1. The molecule has 0 aromatic heterocycles. The fourth-order valence-electron chi connectivity index (χ4n) is 1.66. The molecular formula is C12H17BrO. The Morgan fingerprint density at radius 2 is 2.21 bits per heavy atom. The van der Waals surface area contributed by atoms with Crippen LogP contribution in [0.5, 0.6) is 0 Å². The highest BCUT2D eigenvalue weighted by molar-refractivity contribution is 9.10. The monoisotopic (exact) mass is 256 g/mol. The Morgan fingerprint density at radius 1 is 1.43 bits per heavy atom. The van der Waals surface area contributed by atoms with E-state index in [-0.39, 0.29) is 0 Å². The van der Waals surface area contributed by atoms with Crippen molar-refractivity contribution in [3.63, 3.8) is 0 Å². The van der Waals surface area contributed by atoms with Crippen LogP contribution in [0.3, 0.4) is 0 Å². The maximum Gasteiger partial charge on any atom is 0.0462 e. The highest BCUT2D eigenvalue weighted by Crippen LogP contribution is 2.17. The van der Waals surface area contributed by atoms with Crippen molar-refractivity contribution in [1.82, 2.24) is 0 Å². The Bertz CT molecular complexity index is 273. The Hall–Kier alpha value is -0.340. The molecule has 0 fully saturated rings. The van der Waals surface area contributed by atoms with Crippen LogP contribution in [0.25, 0.3) is 0 Å². The molecule has 0 aliphatic heterocycles. The third-order valence-electron chi connectivity index (χ3n) is 2.37. The molecule has 1 rings (SSSR count). The summed E-state index contributed by atoms with van der Waals surface area (Å²) in [5.41, 5.74) is 1.30. The Morgan fingerprint density at radius 3 is 2.79 bits per heavy atom. The lowest BCUT2D eigenvalue weighted by molar-refractivity contribution is 0.217. The van der Waals surface area contributed by atoms with Crippen LogP contribution in [-0.4, -0.2) is 11.7 Å². The molecule has 1 unspecified atom stereocenters. The molecule has 0 aliphatic carbocycles. The first-order valence-electron chi connectivity index (χ1n) is 5.11. The second-order valence-electron chi connectivity index (χ2n) is 3.67. The molecule has 0 bridgehead atoms. The highest BCUT2D eigenvalue weighted by atomic mass is 79.9. The van der Waals surface area contributed by atoms with Gasteiger partial charge in [-0.3, -0.25) is 0 Å². The maximum atomic E-state index is 9.18. The van der Waals surface area contributed by atoms with E-state index in [2.05, 4.69) is 35.0 Å². The summed E-state index contributed by atoms with van der Waals surface area (Å²) in [6, 6.07) is 8.30. The molecule has 14 heavy (non-hydrogen) atoms. The predicted molar refractivity (Wildman–Crippen MR) is 63.3 cm³/mol. The van der Waals surface area contributed by atoms with Crippen molar-refractivity contribution in [1.29, 1.82) is 0 Å². The van der Waals surface area contributed by atoms with Crippen LogP contribution in [0.2, 0.25) is 0 Å². The summed E-state index contributed by atoms with van der Waals surface area (Å²) < 4.78 is 1.11. The van der Waals surface area contributed by atoms with Gasteiger partial charge in [-0.05, 0) is 36.5 Å². The molecule has 1 atom stereocenters. The van der Waals surface area contributed by atoms with E-state index < -0.39 is 0 Å². The minimum Gasteiger partial charge on any atom is -0.396 e. The van der Waals surface area contributed by atoms with Crippen molar-refractivity contribution < 1.29 is 5.11 Å². The average molecular weight is 257 g/mol. The summed E-state index contributed by atoms with van der Waals surface area (Å²) in [5.74, 6) is 0.411. The van der Waals surface area contributed by atoms with Gasteiger partial charge in [0.15, 0.2) is 0 Å². The first-order valence-corrected chi connectivity index (χ1v) is 5.90. The molecule has 0 spiro atoms. The first-order chi connectivity index (χ1) is 6.76. The molecule has 1 nitrogen and oxygen atoms in total. The zero-order valence-electron chi connectivity index (χ0n) is 8.54. The van der Waals surface area contributed by atoms with Gasteiger partial charge in [0.05, 0.1) is 0 Å². The Labute approximate surface area is 94.3 Å². The third kappa shape index (κ3) is 3.81. The second-order valence-corrected chi connectivity index (χ2v) is 4.59. The number of benzene rings is 1. The van der Waals surface area contributed by atoms with Crippen LogP contribution in [0, 0.1) is 5.92 Å². The fraction of sp³-hybridized carbons (Fsp3) is 0.500. The SMILES string of the molecule is CCCC(CO)Cc1cccc(Br)c1. The van der Waals surface area contributed by atoms with E-state index in [1.807, 2.05) is 12.1 Å². The third-order valence-corrected chi connectivity index (χ3v) is 2.86. The van der Waals surface area contributed by atoms with Gasteiger partial charge >= 0.3 is 0 Å². The summed E-state index contributed by atoms with van der Waals surface area (Å²) >= 11 is 3.45. The summed E-state index contributed by atoms with van der Waals surface area (Å²) in [6.07, 6.45) is 3.21. The molecule has 2 heteroatoms. The average Bonchev–Trinajstić information content (AvgIpc) is 2.17. The van der Waals surface area contributed by atoms with Crippen LogP contribution in [0.1, 0.15) is 25.3 Å². The van der Waals surface area contributed by atoms with Crippen molar-refractivity contribution in [3.05, 3.63) is 34.3 Å². The Balaban J connectivity index is 2.57. The summed E-state index contributed by atoms with van der Waals surface area (Å²) in [7, 11) is 0. The van der Waals surface area contributed by atoms with Gasteiger partial charge < -0.3 is 5.11 Å². The van der Waals surface area contributed by atoms with Crippen molar-refractivity contribution in [2.24, 2.45) is 5.92 Å². The molecule has 0 heterocycles. The lowest BCUT2D eigenvalue weighted by atomic mass is 9.96. The minimum atomic E-state index is 0.292. The van der Waals surface area contributed by atoms with Crippen molar-refractivity contribution in [2.75, 3.05) is 6.61 Å². The van der Waals surface area contributed by atoms with E-state index in [0.29, 0.717) is 12.5 Å². The van der Waals surface area contributed by atoms with Crippen molar-refractivity contribution in [2.45, 2.75) is 26.2 Å². The van der Waals surface area contributed by atoms with Crippen LogP contribution < -0.4 is 0 Å². The second kappa shape index (κ2) is 6.20. The predicted octanol–water partition coefficient (Wildman–Crippen LogP) is 3.40. The molecule has 0 aliphatic rings. The molecule has 0 amide bonds. The number of aliphatic hydroxyl groups excluding tert-OH is 1. The fourth-order valence-corrected chi connectivity index (χ4v) is 2.11. The van der Waals surface area contributed by atoms with Crippen molar-refractivity contribution >= 4 is 15.9 Å². The van der Waals surface area contributed by atoms with E-state index in [1.165, 1.54) is 5.56 Å². The minimum absolute atomic E-state index is 0.292. The molecule has 78 valence electrons. The van der Waals surface area contributed by atoms with Gasteiger partial charge in [0.2, 0.25) is 0 Å². The number of aliphatic hydroxyl groups is 1. The maximum absolute atomic E-state index is 9.18. The number of hydrogen-bond donors (Lipinski definition) is 1. The van der Waals surface area contributed by atoms with Crippen LogP contribution >= 0.6 is 15.9 Å². The van der Waals surface area contributed by atoms with E-state index in [0.717, 1.165) is 23.7 Å². The van der Waals surface area contributed by atoms with E-state index in [1.54, 1.807) is 0 Å². The lowest BCUT2D eigenvalue weighted by Crippen LogP contribution is -2.09. The normalized spacial score (nSPS) is 12.8. The molecular weight excluding hydrogens is 240 g/mol. The summed E-state index contributed by atoms with van der Waals surface area (Å²) in [5, 5.41) is 9.18. The number of halogens is 1.